The minimum atomic E-state index is -0.233. The molecule has 0 bridgehead atoms. The fourth-order valence-electron chi connectivity index (χ4n) is 2.53. The van der Waals surface area contributed by atoms with E-state index in [1.165, 1.54) is 0 Å². The maximum atomic E-state index is 12.0. The molecule has 0 heterocycles. The molecule has 1 aliphatic carbocycles. The van der Waals surface area contributed by atoms with E-state index in [0.29, 0.717) is 21.8 Å². The zero-order valence-corrected chi connectivity index (χ0v) is 14.4. The third-order valence-electron chi connectivity index (χ3n) is 4.15. The topological polar surface area (TPSA) is 63.2 Å². The van der Waals surface area contributed by atoms with Gasteiger partial charge in [0.2, 0.25) is 5.91 Å². The molecule has 1 fully saturated rings. The minimum Gasteiger partial charge on any atom is -0.326 e. The molecule has 0 unspecified atom stereocenters. The molecule has 0 aliphatic heterocycles. The van der Waals surface area contributed by atoms with E-state index in [2.05, 4.69) is 5.32 Å². The lowest BCUT2D eigenvalue weighted by molar-refractivity contribution is -0.116. The van der Waals surface area contributed by atoms with Crippen molar-refractivity contribution < 1.29 is 14.4 Å². The molecule has 0 spiro atoms. The first-order chi connectivity index (χ1) is 12.0. The molecule has 1 N–H and O–H groups in total. The van der Waals surface area contributed by atoms with Gasteiger partial charge in [0.25, 0.3) is 0 Å². The second kappa shape index (κ2) is 7.62. The fraction of sp³-hybridized carbons (Fsp3) is 0.250. The Morgan fingerprint density at radius 3 is 2.08 bits per heavy atom. The van der Waals surface area contributed by atoms with Crippen molar-refractivity contribution >= 4 is 34.8 Å². The predicted molar refractivity (Wildman–Crippen MR) is 97.1 cm³/mol. The quantitative estimate of drug-likeness (QED) is 0.742. The standard InChI is InChI=1S/C20H18ClNO3/c21-16-7-3-13(4-8-16)18(23)11-12-19(24)22-17-9-5-15(6-10-17)20(25)14-1-2-14/h3-10,14H,1-2,11-12H2,(H,22,24). The lowest BCUT2D eigenvalue weighted by atomic mass is 10.1. The Kier molecular flexibility index (Phi) is 5.29. The van der Waals surface area contributed by atoms with Gasteiger partial charge >= 0.3 is 0 Å². The molecule has 0 atom stereocenters. The van der Waals surface area contributed by atoms with Crippen LogP contribution in [0.4, 0.5) is 5.69 Å². The normalized spacial score (nSPS) is 13.3. The summed E-state index contributed by atoms with van der Waals surface area (Å²) < 4.78 is 0. The van der Waals surface area contributed by atoms with Gasteiger partial charge < -0.3 is 5.32 Å². The lowest BCUT2D eigenvalue weighted by Crippen LogP contribution is -2.13. The molecule has 1 amide bonds. The first kappa shape index (κ1) is 17.4. The summed E-state index contributed by atoms with van der Waals surface area (Å²) in [5.74, 6) is 0.0199. The van der Waals surface area contributed by atoms with Crippen LogP contribution in [-0.4, -0.2) is 17.5 Å². The minimum absolute atomic E-state index is 0.0998. The average molecular weight is 356 g/mol. The van der Waals surface area contributed by atoms with Crippen molar-refractivity contribution in [2.75, 3.05) is 5.32 Å². The van der Waals surface area contributed by atoms with Crippen LogP contribution in [0.5, 0.6) is 0 Å². The number of ketones is 2. The van der Waals surface area contributed by atoms with Crippen LogP contribution in [0.2, 0.25) is 5.02 Å². The molecule has 128 valence electrons. The van der Waals surface area contributed by atoms with E-state index in [1.54, 1.807) is 48.5 Å². The van der Waals surface area contributed by atoms with Gasteiger partial charge in [-0.3, -0.25) is 14.4 Å². The second-order valence-electron chi connectivity index (χ2n) is 6.19. The molecular formula is C20H18ClNO3. The smallest absolute Gasteiger partial charge is 0.224 e. The van der Waals surface area contributed by atoms with Crippen molar-refractivity contribution in [3.8, 4) is 0 Å². The van der Waals surface area contributed by atoms with Crippen LogP contribution in [0, 0.1) is 5.92 Å². The zero-order valence-electron chi connectivity index (χ0n) is 13.6. The van der Waals surface area contributed by atoms with Gasteiger partial charge in [0.05, 0.1) is 0 Å². The number of anilines is 1. The number of amides is 1. The highest BCUT2D eigenvalue weighted by Gasteiger charge is 2.30. The van der Waals surface area contributed by atoms with Crippen molar-refractivity contribution in [2.45, 2.75) is 25.7 Å². The molecule has 1 saturated carbocycles. The highest BCUT2D eigenvalue weighted by atomic mass is 35.5. The number of rotatable bonds is 7. The van der Waals surface area contributed by atoms with Gasteiger partial charge in [-0.15, -0.1) is 0 Å². The van der Waals surface area contributed by atoms with E-state index in [-0.39, 0.29) is 36.2 Å². The van der Waals surface area contributed by atoms with Crippen LogP contribution in [0.1, 0.15) is 46.4 Å². The van der Waals surface area contributed by atoms with E-state index >= 15 is 0 Å². The van der Waals surface area contributed by atoms with Gasteiger partial charge in [0.1, 0.15) is 0 Å². The van der Waals surface area contributed by atoms with Crippen LogP contribution < -0.4 is 5.32 Å². The summed E-state index contributed by atoms with van der Waals surface area (Å²) in [4.78, 5) is 36.0. The van der Waals surface area contributed by atoms with Gasteiger partial charge in [-0.1, -0.05) is 11.6 Å². The first-order valence-electron chi connectivity index (χ1n) is 8.26. The maximum Gasteiger partial charge on any atom is 0.224 e. The molecule has 0 aromatic heterocycles. The van der Waals surface area contributed by atoms with Crippen LogP contribution in [-0.2, 0) is 4.79 Å². The van der Waals surface area contributed by atoms with E-state index in [1.807, 2.05) is 0 Å². The van der Waals surface area contributed by atoms with Crippen LogP contribution in [0.15, 0.2) is 48.5 Å². The Hall–Kier alpha value is -2.46. The van der Waals surface area contributed by atoms with Crippen LogP contribution in [0.3, 0.4) is 0 Å². The zero-order chi connectivity index (χ0) is 17.8. The van der Waals surface area contributed by atoms with Crippen molar-refractivity contribution in [3.05, 3.63) is 64.7 Å². The third-order valence-corrected chi connectivity index (χ3v) is 4.40. The molecular weight excluding hydrogens is 338 g/mol. The molecule has 5 heteroatoms. The summed E-state index contributed by atoms with van der Waals surface area (Å²) in [7, 11) is 0. The number of nitrogens with one attached hydrogen (secondary N) is 1. The molecule has 0 radical (unpaired) electrons. The number of halogens is 1. The van der Waals surface area contributed by atoms with Crippen molar-refractivity contribution in [1.29, 1.82) is 0 Å². The molecule has 2 aromatic rings. The Balaban J connectivity index is 1.49. The second-order valence-corrected chi connectivity index (χ2v) is 6.63. The van der Waals surface area contributed by atoms with Gasteiger partial charge in [-0.05, 0) is 61.4 Å². The highest BCUT2D eigenvalue weighted by Crippen LogP contribution is 2.32. The summed E-state index contributed by atoms with van der Waals surface area (Å²) >= 11 is 5.79. The Morgan fingerprint density at radius 2 is 1.48 bits per heavy atom. The maximum absolute atomic E-state index is 12.0. The molecule has 2 aromatic carbocycles. The van der Waals surface area contributed by atoms with E-state index in [4.69, 9.17) is 11.6 Å². The average Bonchev–Trinajstić information content (AvgIpc) is 3.45. The fourth-order valence-corrected chi connectivity index (χ4v) is 2.66. The van der Waals surface area contributed by atoms with Gasteiger partial charge in [-0.25, -0.2) is 0 Å². The van der Waals surface area contributed by atoms with E-state index < -0.39 is 0 Å². The summed E-state index contributed by atoms with van der Waals surface area (Å²) in [6.07, 6.45) is 2.17. The summed E-state index contributed by atoms with van der Waals surface area (Å²) in [5.41, 5.74) is 1.84. The SMILES string of the molecule is O=C(CCC(=O)c1ccc(Cl)cc1)Nc1ccc(C(=O)C2CC2)cc1. The summed E-state index contributed by atoms with van der Waals surface area (Å²) in [6.45, 7) is 0. The largest absolute Gasteiger partial charge is 0.326 e. The number of hydrogen-bond donors (Lipinski definition) is 1. The third kappa shape index (κ3) is 4.77. The number of benzene rings is 2. The van der Waals surface area contributed by atoms with Crippen LogP contribution >= 0.6 is 11.6 Å². The van der Waals surface area contributed by atoms with E-state index in [9.17, 15) is 14.4 Å². The number of carbonyl (C=O) groups is 3. The van der Waals surface area contributed by atoms with Crippen molar-refractivity contribution in [3.63, 3.8) is 0 Å². The van der Waals surface area contributed by atoms with Crippen LogP contribution in [0.25, 0.3) is 0 Å². The van der Waals surface area contributed by atoms with Gasteiger partial charge in [-0.2, -0.15) is 0 Å². The molecule has 4 nitrogen and oxygen atoms in total. The summed E-state index contributed by atoms with van der Waals surface area (Å²) in [5, 5.41) is 3.31. The van der Waals surface area contributed by atoms with Crippen molar-refractivity contribution in [2.24, 2.45) is 5.92 Å². The molecule has 1 aliphatic rings. The number of Topliss-reactive ketones (excluding diaryl/α,β-unsaturated/α-hetero) is 2. The highest BCUT2D eigenvalue weighted by molar-refractivity contribution is 6.30. The summed E-state index contributed by atoms with van der Waals surface area (Å²) in [6, 6.07) is 13.5. The Morgan fingerprint density at radius 1 is 0.880 bits per heavy atom. The number of carbonyl (C=O) groups excluding carboxylic acids is 3. The van der Waals surface area contributed by atoms with Gasteiger partial charge in [0.15, 0.2) is 11.6 Å². The monoisotopic (exact) mass is 355 g/mol. The molecule has 3 rings (SSSR count). The predicted octanol–water partition coefficient (Wildman–Crippen LogP) is 4.53. The molecule has 25 heavy (non-hydrogen) atoms. The lowest BCUT2D eigenvalue weighted by Gasteiger charge is -2.06. The Labute approximate surface area is 151 Å². The van der Waals surface area contributed by atoms with E-state index in [0.717, 1.165) is 12.8 Å². The number of hydrogen-bond acceptors (Lipinski definition) is 3. The molecule has 0 saturated heterocycles. The first-order valence-corrected chi connectivity index (χ1v) is 8.63. The van der Waals surface area contributed by atoms with Gasteiger partial charge in [0, 0.05) is 40.6 Å². The van der Waals surface area contributed by atoms with Crippen molar-refractivity contribution in [1.82, 2.24) is 0 Å². The Bertz CT molecular complexity index is 793.